The van der Waals surface area contributed by atoms with Crippen molar-refractivity contribution in [2.24, 2.45) is 0 Å². The Morgan fingerprint density at radius 1 is 1.22 bits per heavy atom. The predicted molar refractivity (Wildman–Crippen MR) is 70.7 cm³/mol. The first-order valence-electron chi connectivity index (χ1n) is 6.63. The Balaban J connectivity index is 2.26. The summed E-state index contributed by atoms with van der Waals surface area (Å²) in [6.07, 6.45) is 8.32. The number of Topliss-reactive ketones (excluding diaryl/α,β-unsaturated/α-hetero) is 1. The van der Waals surface area contributed by atoms with Crippen LogP contribution >= 0.6 is 0 Å². The lowest BCUT2D eigenvalue weighted by atomic mass is 10.1. The van der Waals surface area contributed by atoms with Crippen molar-refractivity contribution in [3.8, 4) is 5.88 Å². The van der Waals surface area contributed by atoms with Gasteiger partial charge >= 0.3 is 0 Å². The van der Waals surface area contributed by atoms with Gasteiger partial charge in [0.05, 0.1) is 12.8 Å². The summed E-state index contributed by atoms with van der Waals surface area (Å²) in [5.74, 6) is 0.753. The minimum absolute atomic E-state index is 0.243. The molecule has 100 valence electrons. The Kier molecular flexibility index (Phi) is 6.99. The fourth-order valence-corrected chi connectivity index (χ4v) is 1.80. The van der Waals surface area contributed by atoms with Crippen molar-refractivity contribution in [2.75, 3.05) is 7.11 Å². The van der Waals surface area contributed by atoms with E-state index in [1.165, 1.54) is 25.6 Å². The van der Waals surface area contributed by atoms with Gasteiger partial charge < -0.3 is 4.74 Å². The number of rotatable bonds is 9. The van der Waals surface area contributed by atoms with Gasteiger partial charge in [0.15, 0.2) is 0 Å². The van der Waals surface area contributed by atoms with Crippen molar-refractivity contribution in [1.29, 1.82) is 0 Å². The molecule has 0 saturated carbocycles. The lowest BCUT2D eigenvalue weighted by Gasteiger charge is -2.03. The number of nitrogens with zero attached hydrogens (tertiary/aromatic N) is 2. The van der Waals surface area contributed by atoms with Crippen LogP contribution in [-0.2, 0) is 11.2 Å². The van der Waals surface area contributed by atoms with E-state index in [1.54, 1.807) is 13.2 Å². The zero-order valence-corrected chi connectivity index (χ0v) is 11.3. The zero-order chi connectivity index (χ0) is 13.2. The van der Waals surface area contributed by atoms with E-state index < -0.39 is 0 Å². The molecule has 0 spiro atoms. The van der Waals surface area contributed by atoms with Crippen LogP contribution in [0.4, 0.5) is 0 Å². The van der Waals surface area contributed by atoms with Gasteiger partial charge in [-0.3, -0.25) is 4.79 Å². The van der Waals surface area contributed by atoms with Crippen LogP contribution in [0.1, 0.15) is 51.1 Å². The van der Waals surface area contributed by atoms with E-state index in [9.17, 15) is 4.79 Å². The molecule has 1 aromatic heterocycles. The fraction of sp³-hybridized carbons (Fsp3) is 0.643. The van der Waals surface area contributed by atoms with Crippen molar-refractivity contribution >= 4 is 5.78 Å². The molecule has 0 amide bonds. The third kappa shape index (κ3) is 5.75. The molecule has 18 heavy (non-hydrogen) atoms. The maximum atomic E-state index is 11.7. The molecular formula is C14H22N2O2. The number of aromatic nitrogens is 2. The van der Waals surface area contributed by atoms with Gasteiger partial charge in [-0.2, -0.15) is 0 Å². The van der Waals surface area contributed by atoms with Gasteiger partial charge in [-0.15, -0.1) is 0 Å². The van der Waals surface area contributed by atoms with Crippen molar-refractivity contribution < 1.29 is 9.53 Å². The van der Waals surface area contributed by atoms with E-state index in [4.69, 9.17) is 4.74 Å². The summed E-state index contributed by atoms with van der Waals surface area (Å²) in [6.45, 7) is 2.19. The van der Waals surface area contributed by atoms with E-state index in [0.29, 0.717) is 18.7 Å². The molecule has 1 rings (SSSR count). The number of methoxy groups -OCH3 is 1. The van der Waals surface area contributed by atoms with Crippen LogP contribution in [0.25, 0.3) is 0 Å². The lowest BCUT2D eigenvalue weighted by molar-refractivity contribution is -0.118. The van der Waals surface area contributed by atoms with Crippen molar-refractivity contribution in [3.63, 3.8) is 0 Å². The van der Waals surface area contributed by atoms with Crippen LogP contribution in [0, 0.1) is 0 Å². The molecule has 0 radical (unpaired) electrons. The Morgan fingerprint density at radius 2 is 2.00 bits per heavy atom. The van der Waals surface area contributed by atoms with Gasteiger partial charge in [0.1, 0.15) is 12.1 Å². The molecule has 0 fully saturated rings. The molecule has 0 unspecified atom stereocenters. The molecule has 1 heterocycles. The molecule has 4 heteroatoms. The van der Waals surface area contributed by atoms with Crippen LogP contribution in [0.5, 0.6) is 5.88 Å². The number of hydrogen-bond donors (Lipinski definition) is 0. The van der Waals surface area contributed by atoms with Gasteiger partial charge in [0.25, 0.3) is 0 Å². The number of unbranched alkanes of at least 4 members (excludes halogenated alkanes) is 4. The summed E-state index contributed by atoms with van der Waals surface area (Å²) in [5.41, 5.74) is 0.736. The largest absolute Gasteiger partial charge is 0.481 e. The Hall–Kier alpha value is -1.45. The molecule has 0 atom stereocenters. The van der Waals surface area contributed by atoms with E-state index in [0.717, 1.165) is 18.5 Å². The normalized spacial score (nSPS) is 10.3. The molecular weight excluding hydrogens is 228 g/mol. The first-order valence-corrected chi connectivity index (χ1v) is 6.63. The predicted octanol–water partition coefficient (Wildman–Crippen LogP) is 2.96. The summed E-state index contributed by atoms with van der Waals surface area (Å²) in [7, 11) is 1.56. The SMILES string of the molecule is CCCCCCCC(=O)Cc1cc(OC)ncn1. The van der Waals surface area contributed by atoms with Crippen LogP contribution < -0.4 is 4.74 Å². The number of hydrogen-bond acceptors (Lipinski definition) is 4. The highest BCUT2D eigenvalue weighted by Crippen LogP contribution is 2.10. The summed E-state index contributed by atoms with van der Waals surface area (Å²) >= 11 is 0. The van der Waals surface area contributed by atoms with Gasteiger partial charge in [-0.25, -0.2) is 9.97 Å². The average molecular weight is 250 g/mol. The highest BCUT2D eigenvalue weighted by atomic mass is 16.5. The molecule has 1 aromatic rings. The van der Waals surface area contributed by atoms with E-state index in [2.05, 4.69) is 16.9 Å². The maximum Gasteiger partial charge on any atom is 0.216 e. The minimum atomic E-state index is 0.243. The Labute approximate surface area is 109 Å². The van der Waals surface area contributed by atoms with Gasteiger partial charge in [0.2, 0.25) is 5.88 Å². The zero-order valence-electron chi connectivity index (χ0n) is 11.3. The first kappa shape index (κ1) is 14.6. The van der Waals surface area contributed by atoms with Crippen molar-refractivity contribution in [3.05, 3.63) is 18.1 Å². The van der Waals surface area contributed by atoms with Crippen molar-refractivity contribution in [2.45, 2.75) is 51.9 Å². The van der Waals surface area contributed by atoms with Gasteiger partial charge in [-0.1, -0.05) is 32.6 Å². The Bertz CT molecular complexity index is 367. The average Bonchev–Trinajstić information content (AvgIpc) is 2.38. The minimum Gasteiger partial charge on any atom is -0.481 e. The molecule has 0 aliphatic carbocycles. The summed E-state index contributed by atoms with van der Waals surface area (Å²) in [6, 6.07) is 1.72. The molecule has 0 N–H and O–H groups in total. The highest BCUT2D eigenvalue weighted by molar-refractivity contribution is 5.80. The van der Waals surface area contributed by atoms with E-state index in [1.807, 2.05) is 0 Å². The fourth-order valence-electron chi connectivity index (χ4n) is 1.80. The quantitative estimate of drug-likeness (QED) is 0.632. The third-order valence-electron chi connectivity index (χ3n) is 2.85. The Morgan fingerprint density at radius 3 is 2.72 bits per heavy atom. The number of ether oxygens (including phenoxy) is 1. The second-order valence-electron chi connectivity index (χ2n) is 4.43. The van der Waals surface area contributed by atoms with Crippen molar-refractivity contribution in [1.82, 2.24) is 9.97 Å². The van der Waals surface area contributed by atoms with Gasteiger partial charge in [-0.05, 0) is 6.42 Å². The first-order chi connectivity index (χ1) is 8.76. The standard InChI is InChI=1S/C14H22N2O2/c1-3-4-5-6-7-8-13(17)9-12-10-14(18-2)16-11-15-12/h10-11H,3-9H2,1-2H3. The second kappa shape index (κ2) is 8.61. The summed E-state index contributed by atoms with van der Waals surface area (Å²) < 4.78 is 5.00. The van der Waals surface area contributed by atoms with Crippen LogP contribution in [-0.4, -0.2) is 22.9 Å². The third-order valence-corrected chi connectivity index (χ3v) is 2.85. The molecule has 0 saturated heterocycles. The molecule has 0 aromatic carbocycles. The molecule has 0 bridgehead atoms. The van der Waals surface area contributed by atoms with E-state index in [-0.39, 0.29) is 5.78 Å². The maximum absolute atomic E-state index is 11.7. The monoisotopic (exact) mass is 250 g/mol. The summed E-state index contributed by atoms with van der Waals surface area (Å²) in [4.78, 5) is 19.7. The number of ketones is 1. The van der Waals surface area contributed by atoms with Gasteiger partial charge in [0, 0.05) is 18.9 Å². The van der Waals surface area contributed by atoms with Crippen LogP contribution in [0.15, 0.2) is 12.4 Å². The number of carbonyl (C=O) groups excluding carboxylic acids is 1. The number of carbonyl (C=O) groups is 1. The topological polar surface area (TPSA) is 52.1 Å². The molecule has 0 aliphatic heterocycles. The second-order valence-corrected chi connectivity index (χ2v) is 4.43. The van der Waals surface area contributed by atoms with E-state index >= 15 is 0 Å². The smallest absolute Gasteiger partial charge is 0.216 e. The highest BCUT2D eigenvalue weighted by Gasteiger charge is 2.06. The summed E-state index contributed by atoms with van der Waals surface area (Å²) in [5, 5.41) is 0. The molecule has 0 aliphatic rings. The van der Waals surface area contributed by atoms with Crippen LogP contribution in [0.2, 0.25) is 0 Å². The molecule has 4 nitrogen and oxygen atoms in total. The van der Waals surface area contributed by atoms with Crippen LogP contribution in [0.3, 0.4) is 0 Å². The lowest BCUT2D eigenvalue weighted by Crippen LogP contribution is -2.05.